The number of hydrogen-bond donors (Lipinski definition) is 0. The van der Waals surface area contributed by atoms with Crippen LogP contribution in [-0.2, 0) is 9.59 Å². The van der Waals surface area contributed by atoms with Gasteiger partial charge in [-0.15, -0.1) is 0 Å². The Hall–Kier alpha value is -3.48. The van der Waals surface area contributed by atoms with E-state index in [1.807, 2.05) is 19.1 Å². The predicted octanol–water partition coefficient (Wildman–Crippen LogP) is 3.49. The van der Waals surface area contributed by atoms with Gasteiger partial charge < -0.3 is 9.80 Å². The van der Waals surface area contributed by atoms with Crippen molar-refractivity contribution in [3.05, 3.63) is 72.1 Å². The third kappa shape index (κ3) is 3.81. The average molecular weight is 448 g/mol. The zero-order chi connectivity index (χ0) is 23.1. The monoisotopic (exact) mass is 447 g/mol. The number of carbonyl (C=O) groups excluding carboxylic acids is 3. The second kappa shape index (κ2) is 8.46. The van der Waals surface area contributed by atoms with Gasteiger partial charge in [-0.1, -0.05) is 25.1 Å². The molecule has 2 aromatic rings. The Labute approximate surface area is 192 Å². The average Bonchev–Trinajstić information content (AvgIpc) is 3.10. The number of benzene rings is 2. The smallest absolute Gasteiger partial charge is 0.254 e. The van der Waals surface area contributed by atoms with E-state index < -0.39 is 0 Å². The molecule has 2 saturated heterocycles. The molecular weight excluding hydrogens is 421 g/mol. The molecule has 1 aliphatic carbocycles. The maximum Gasteiger partial charge on any atom is 0.254 e. The quantitative estimate of drug-likeness (QED) is 0.534. The van der Waals surface area contributed by atoms with Gasteiger partial charge in [-0.25, -0.2) is 4.39 Å². The molecule has 0 aromatic heterocycles. The first-order valence-electron chi connectivity index (χ1n) is 11.4. The van der Waals surface area contributed by atoms with Crippen LogP contribution in [0.15, 0.2) is 60.7 Å². The van der Waals surface area contributed by atoms with Crippen LogP contribution >= 0.6 is 0 Å². The minimum Gasteiger partial charge on any atom is -0.368 e. The van der Waals surface area contributed by atoms with Crippen LogP contribution in [-0.4, -0.2) is 48.8 Å². The van der Waals surface area contributed by atoms with Gasteiger partial charge in [0.25, 0.3) is 5.91 Å². The maximum absolute atomic E-state index is 13.2. The number of imide groups is 1. The molecule has 170 valence electrons. The van der Waals surface area contributed by atoms with Crippen LogP contribution in [0.3, 0.4) is 0 Å². The Bertz CT molecular complexity index is 1120. The molecule has 2 heterocycles. The van der Waals surface area contributed by atoms with Crippen LogP contribution in [0.4, 0.5) is 15.8 Å². The lowest BCUT2D eigenvalue weighted by Crippen LogP contribution is -2.48. The van der Waals surface area contributed by atoms with E-state index in [0.29, 0.717) is 43.9 Å². The first kappa shape index (κ1) is 21.4. The van der Waals surface area contributed by atoms with Gasteiger partial charge in [0.05, 0.1) is 17.5 Å². The topological polar surface area (TPSA) is 60.9 Å². The summed E-state index contributed by atoms with van der Waals surface area (Å²) < 4.78 is 13.2. The minimum atomic E-state index is -0.332. The summed E-state index contributed by atoms with van der Waals surface area (Å²) >= 11 is 0. The summed E-state index contributed by atoms with van der Waals surface area (Å²) in [5.41, 5.74) is 1.86. The van der Waals surface area contributed by atoms with Crippen molar-refractivity contribution in [1.29, 1.82) is 0 Å². The molecule has 0 N–H and O–H groups in total. The second-order valence-electron chi connectivity index (χ2n) is 8.97. The van der Waals surface area contributed by atoms with Crippen molar-refractivity contribution >= 4 is 29.1 Å². The van der Waals surface area contributed by atoms with Gasteiger partial charge in [-0.3, -0.25) is 19.3 Å². The van der Waals surface area contributed by atoms with Crippen molar-refractivity contribution in [3.8, 4) is 0 Å². The molecule has 2 aromatic carbocycles. The molecule has 33 heavy (non-hydrogen) atoms. The van der Waals surface area contributed by atoms with Crippen LogP contribution in [0.1, 0.15) is 23.7 Å². The number of halogens is 1. The lowest BCUT2D eigenvalue weighted by Gasteiger charge is -2.36. The van der Waals surface area contributed by atoms with Gasteiger partial charge in [-0.05, 0) is 54.8 Å². The largest absolute Gasteiger partial charge is 0.368 e. The Balaban J connectivity index is 1.30. The maximum atomic E-state index is 13.2. The molecule has 3 aliphatic rings. The third-order valence-electron chi connectivity index (χ3n) is 6.98. The van der Waals surface area contributed by atoms with E-state index in [1.54, 1.807) is 41.3 Å². The molecular formula is C26H26FN3O3. The summed E-state index contributed by atoms with van der Waals surface area (Å²) in [7, 11) is 0. The number of rotatable bonds is 3. The summed E-state index contributed by atoms with van der Waals surface area (Å²) in [6.07, 6.45) is 4.56. The Kier molecular flexibility index (Phi) is 5.48. The third-order valence-corrected chi connectivity index (χ3v) is 6.98. The van der Waals surface area contributed by atoms with Crippen molar-refractivity contribution in [2.24, 2.45) is 17.8 Å². The van der Waals surface area contributed by atoms with Gasteiger partial charge in [0, 0.05) is 37.4 Å². The number of piperazine rings is 1. The molecule has 3 atom stereocenters. The van der Waals surface area contributed by atoms with Crippen molar-refractivity contribution in [1.82, 2.24) is 4.90 Å². The highest BCUT2D eigenvalue weighted by Crippen LogP contribution is 2.40. The lowest BCUT2D eigenvalue weighted by atomic mass is 9.78. The fraction of sp³-hybridized carbons (Fsp3) is 0.346. The Morgan fingerprint density at radius 2 is 1.67 bits per heavy atom. The van der Waals surface area contributed by atoms with Crippen LogP contribution < -0.4 is 9.80 Å². The minimum absolute atomic E-state index is 0.0208. The molecule has 0 saturated carbocycles. The van der Waals surface area contributed by atoms with E-state index in [2.05, 4.69) is 4.90 Å². The van der Waals surface area contributed by atoms with E-state index in [-0.39, 0.29) is 41.3 Å². The molecule has 0 unspecified atom stereocenters. The molecule has 7 heteroatoms. The highest BCUT2D eigenvalue weighted by molar-refractivity contribution is 6.22. The fourth-order valence-electron chi connectivity index (χ4n) is 5.18. The number of amides is 3. The highest BCUT2D eigenvalue weighted by Gasteiger charge is 2.50. The van der Waals surface area contributed by atoms with Crippen molar-refractivity contribution in [2.75, 3.05) is 36.0 Å². The van der Waals surface area contributed by atoms with E-state index in [0.717, 1.165) is 5.69 Å². The standard InChI is InChI=1S/C26H26FN3O3/c1-17-4-2-7-22-23(17)26(33)30(25(22)32)21-6-3-5-18(16-21)24(31)29-14-12-28(13-15-29)20-10-8-19(27)9-11-20/h2-6,8-11,16-17,22-23H,7,12-15H2,1H3/t17-,22+,23+/m1/s1. The summed E-state index contributed by atoms with van der Waals surface area (Å²) in [4.78, 5) is 44.4. The van der Waals surface area contributed by atoms with Crippen molar-refractivity contribution in [3.63, 3.8) is 0 Å². The molecule has 0 spiro atoms. The van der Waals surface area contributed by atoms with Crippen LogP contribution in [0.5, 0.6) is 0 Å². The number of allylic oxidation sites excluding steroid dienone is 2. The molecule has 2 aliphatic heterocycles. The van der Waals surface area contributed by atoms with Gasteiger partial charge >= 0.3 is 0 Å². The van der Waals surface area contributed by atoms with Gasteiger partial charge in [0.2, 0.25) is 11.8 Å². The van der Waals surface area contributed by atoms with Gasteiger partial charge in [0.15, 0.2) is 0 Å². The fourth-order valence-corrected chi connectivity index (χ4v) is 5.18. The van der Waals surface area contributed by atoms with Crippen molar-refractivity contribution in [2.45, 2.75) is 13.3 Å². The van der Waals surface area contributed by atoms with E-state index in [9.17, 15) is 18.8 Å². The molecule has 5 rings (SSSR count). The molecule has 0 radical (unpaired) electrons. The zero-order valence-corrected chi connectivity index (χ0v) is 18.5. The summed E-state index contributed by atoms with van der Waals surface area (Å²) in [5.74, 6) is -1.39. The normalized spacial score (nSPS) is 24.9. The number of fused-ring (bicyclic) bond motifs is 1. The van der Waals surface area contributed by atoms with Gasteiger partial charge in [-0.2, -0.15) is 0 Å². The van der Waals surface area contributed by atoms with E-state index >= 15 is 0 Å². The second-order valence-corrected chi connectivity index (χ2v) is 8.97. The number of anilines is 2. The van der Waals surface area contributed by atoms with Crippen LogP contribution in [0.25, 0.3) is 0 Å². The van der Waals surface area contributed by atoms with E-state index in [4.69, 9.17) is 0 Å². The number of hydrogen-bond acceptors (Lipinski definition) is 4. The molecule has 0 bridgehead atoms. The summed E-state index contributed by atoms with van der Waals surface area (Å²) in [5, 5.41) is 0. The Morgan fingerprint density at radius 1 is 0.939 bits per heavy atom. The number of carbonyl (C=O) groups is 3. The van der Waals surface area contributed by atoms with Crippen LogP contribution in [0.2, 0.25) is 0 Å². The summed E-state index contributed by atoms with van der Waals surface area (Å²) in [6.45, 7) is 4.33. The first-order valence-corrected chi connectivity index (χ1v) is 11.4. The SMILES string of the molecule is C[C@@H]1C=CC[C@@H]2C(=O)N(c3cccc(C(=O)N4CCN(c5ccc(F)cc5)CC4)c3)C(=O)[C@@H]12. The Morgan fingerprint density at radius 3 is 2.36 bits per heavy atom. The molecule has 3 amide bonds. The predicted molar refractivity (Wildman–Crippen MR) is 123 cm³/mol. The lowest BCUT2D eigenvalue weighted by molar-refractivity contribution is -0.122. The summed E-state index contributed by atoms with van der Waals surface area (Å²) in [6, 6.07) is 13.2. The van der Waals surface area contributed by atoms with Crippen LogP contribution in [0, 0.1) is 23.6 Å². The zero-order valence-electron chi connectivity index (χ0n) is 18.5. The van der Waals surface area contributed by atoms with Crippen molar-refractivity contribution < 1.29 is 18.8 Å². The van der Waals surface area contributed by atoms with E-state index in [1.165, 1.54) is 17.0 Å². The molecule has 6 nitrogen and oxygen atoms in total. The highest BCUT2D eigenvalue weighted by atomic mass is 19.1. The molecule has 2 fully saturated rings. The number of nitrogens with zero attached hydrogens (tertiary/aromatic N) is 3. The van der Waals surface area contributed by atoms with Gasteiger partial charge in [0.1, 0.15) is 5.82 Å². The first-order chi connectivity index (χ1) is 15.9.